The van der Waals surface area contributed by atoms with E-state index in [0.29, 0.717) is 17.6 Å². The highest BCUT2D eigenvalue weighted by Crippen LogP contribution is 2.10. The Morgan fingerprint density at radius 1 is 1.59 bits per heavy atom. The zero-order valence-corrected chi connectivity index (χ0v) is 10.5. The molecule has 1 fully saturated rings. The van der Waals surface area contributed by atoms with Crippen molar-refractivity contribution in [1.82, 2.24) is 10.3 Å². The average molecular weight is 302 g/mol. The number of pyridine rings is 1. The summed E-state index contributed by atoms with van der Waals surface area (Å²) < 4.78 is 5.97. The van der Waals surface area contributed by atoms with Gasteiger partial charge in [0.15, 0.2) is 0 Å². The molecule has 0 saturated carbocycles. The highest BCUT2D eigenvalue weighted by atomic mass is 79.9. The summed E-state index contributed by atoms with van der Waals surface area (Å²) in [7, 11) is 0. The lowest BCUT2D eigenvalue weighted by molar-refractivity contribution is -0.128. The molecule has 1 aliphatic rings. The largest absolute Gasteiger partial charge is 0.366 e. The lowest BCUT2D eigenvalue weighted by atomic mass is 10.3. The number of nitrogens with one attached hydrogen (secondary N) is 3. The Kier molecular flexibility index (Phi) is 3.93. The molecule has 1 saturated heterocycles. The number of hydrogen-bond acceptors (Lipinski definition) is 4. The number of morpholine rings is 1. The molecule has 0 radical (unpaired) electrons. The van der Waals surface area contributed by atoms with Crippen LogP contribution in [0.15, 0.2) is 21.5 Å². The first-order chi connectivity index (χ1) is 8.16. The second kappa shape index (κ2) is 5.44. The highest BCUT2D eigenvalue weighted by Gasteiger charge is 2.22. The Morgan fingerprint density at radius 3 is 3.12 bits per heavy atom. The normalized spacial score (nSPS) is 19.9. The maximum Gasteiger partial charge on any atom is 0.271 e. The Balaban J connectivity index is 2.07. The van der Waals surface area contributed by atoms with Gasteiger partial charge in [-0.15, -0.1) is 0 Å². The maximum atomic E-state index is 11.8. The number of H-pyrrole nitrogens is 1. The molecule has 3 N–H and O–H groups in total. The second-order valence-corrected chi connectivity index (χ2v) is 4.53. The van der Waals surface area contributed by atoms with Crippen molar-refractivity contribution in [2.75, 3.05) is 25.0 Å². The van der Waals surface area contributed by atoms with Crippen LogP contribution >= 0.6 is 15.9 Å². The van der Waals surface area contributed by atoms with Gasteiger partial charge in [0.05, 0.1) is 6.61 Å². The Morgan fingerprint density at radius 2 is 2.41 bits per heavy atom. The molecule has 17 heavy (non-hydrogen) atoms. The van der Waals surface area contributed by atoms with Gasteiger partial charge < -0.3 is 20.4 Å². The number of rotatable bonds is 2. The van der Waals surface area contributed by atoms with Crippen LogP contribution in [0, 0.1) is 0 Å². The van der Waals surface area contributed by atoms with Crippen LogP contribution in [0.1, 0.15) is 0 Å². The van der Waals surface area contributed by atoms with Crippen molar-refractivity contribution in [2.45, 2.75) is 6.10 Å². The van der Waals surface area contributed by atoms with Gasteiger partial charge in [-0.05, 0) is 22.0 Å². The molecule has 1 amide bonds. The van der Waals surface area contributed by atoms with Crippen molar-refractivity contribution in [1.29, 1.82) is 0 Å². The first-order valence-corrected chi connectivity index (χ1v) is 5.97. The first-order valence-electron chi connectivity index (χ1n) is 5.18. The zero-order chi connectivity index (χ0) is 12.3. The molecular weight excluding hydrogens is 290 g/mol. The van der Waals surface area contributed by atoms with Crippen molar-refractivity contribution in [3.05, 3.63) is 27.1 Å². The smallest absolute Gasteiger partial charge is 0.271 e. The number of carbonyl (C=O) groups is 1. The number of ether oxygens (including phenoxy) is 1. The van der Waals surface area contributed by atoms with E-state index < -0.39 is 6.10 Å². The van der Waals surface area contributed by atoms with Crippen molar-refractivity contribution in [3.8, 4) is 0 Å². The summed E-state index contributed by atoms with van der Waals surface area (Å²) in [4.78, 5) is 25.7. The molecule has 1 atom stereocenters. The molecule has 0 bridgehead atoms. The van der Waals surface area contributed by atoms with Crippen molar-refractivity contribution >= 4 is 27.5 Å². The van der Waals surface area contributed by atoms with E-state index in [4.69, 9.17) is 4.74 Å². The quantitative estimate of drug-likeness (QED) is 0.721. The molecule has 0 unspecified atom stereocenters. The van der Waals surface area contributed by atoms with Crippen molar-refractivity contribution in [2.24, 2.45) is 0 Å². The summed E-state index contributed by atoms with van der Waals surface area (Å²) in [5.74, 6) is -0.319. The fraction of sp³-hybridized carbons (Fsp3) is 0.400. The molecule has 1 aliphatic heterocycles. The summed E-state index contributed by atoms with van der Waals surface area (Å²) in [5, 5.41) is 5.59. The third-order valence-electron chi connectivity index (χ3n) is 2.35. The number of aromatic amines is 1. The molecule has 2 rings (SSSR count). The van der Waals surface area contributed by atoms with Gasteiger partial charge >= 0.3 is 0 Å². The minimum Gasteiger partial charge on any atom is -0.366 e. The van der Waals surface area contributed by atoms with Gasteiger partial charge in [-0.2, -0.15) is 0 Å². The summed E-state index contributed by atoms with van der Waals surface area (Å²) in [6.07, 6.45) is 0.957. The van der Waals surface area contributed by atoms with E-state index in [1.54, 1.807) is 6.07 Å². The highest BCUT2D eigenvalue weighted by molar-refractivity contribution is 9.10. The lowest BCUT2D eigenvalue weighted by Gasteiger charge is -2.22. The van der Waals surface area contributed by atoms with E-state index in [1.807, 2.05) is 0 Å². The first kappa shape index (κ1) is 12.3. The topological polar surface area (TPSA) is 83.2 Å². The van der Waals surface area contributed by atoms with E-state index in [0.717, 1.165) is 6.54 Å². The fourth-order valence-corrected chi connectivity index (χ4v) is 1.84. The van der Waals surface area contributed by atoms with E-state index in [9.17, 15) is 9.59 Å². The number of amides is 1. The molecule has 1 aromatic heterocycles. The van der Waals surface area contributed by atoms with Crippen LogP contribution in [0.5, 0.6) is 0 Å². The van der Waals surface area contributed by atoms with E-state index >= 15 is 0 Å². The molecule has 0 aliphatic carbocycles. The van der Waals surface area contributed by atoms with Crippen LogP contribution in [0.2, 0.25) is 0 Å². The van der Waals surface area contributed by atoms with Gasteiger partial charge in [0, 0.05) is 23.8 Å². The Bertz CT molecular complexity index is 468. The van der Waals surface area contributed by atoms with Crippen LogP contribution in [0.4, 0.5) is 5.69 Å². The fourth-order valence-electron chi connectivity index (χ4n) is 1.50. The molecular formula is C10H12BrN3O3. The van der Waals surface area contributed by atoms with Crippen molar-refractivity contribution < 1.29 is 9.53 Å². The number of carbonyl (C=O) groups excluding carboxylic acids is 1. The van der Waals surface area contributed by atoms with Gasteiger partial charge in [-0.1, -0.05) is 0 Å². The maximum absolute atomic E-state index is 11.8. The molecule has 6 nitrogen and oxygen atoms in total. The standard InChI is InChI=1S/C10H12BrN3O3/c11-6-3-7(9(15)13-4-6)14-10(16)8-5-12-1-2-17-8/h3-4,8,12H,1-2,5H2,(H,13,15)(H,14,16)/t8-/m1/s1. The number of anilines is 1. The van der Waals surface area contributed by atoms with E-state index in [-0.39, 0.29) is 17.2 Å². The summed E-state index contributed by atoms with van der Waals surface area (Å²) in [6.45, 7) is 1.69. The molecule has 92 valence electrons. The molecule has 7 heteroatoms. The van der Waals surface area contributed by atoms with Gasteiger partial charge in [0.1, 0.15) is 11.8 Å². The second-order valence-electron chi connectivity index (χ2n) is 3.61. The molecule has 0 aromatic carbocycles. The van der Waals surface area contributed by atoms with Crippen molar-refractivity contribution in [3.63, 3.8) is 0 Å². The van der Waals surface area contributed by atoms with E-state index in [1.165, 1.54) is 6.20 Å². The summed E-state index contributed by atoms with van der Waals surface area (Å²) in [5.41, 5.74) is -0.135. The van der Waals surface area contributed by atoms with Gasteiger partial charge in [0.25, 0.3) is 11.5 Å². The summed E-state index contributed by atoms with van der Waals surface area (Å²) in [6, 6.07) is 1.55. The third kappa shape index (κ3) is 3.15. The molecule has 1 aromatic rings. The predicted molar refractivity (Wildman–Crippen MR) is 66.0 cm³/mol. The minimum atomic E-state index is -0.554. The van der Waals surface area contributed by atoms with Gasteiger partial charge in [0.2, 0.25) is 0 Å². The SMILES string of the molecule is O=C(Nc1cc(Br)c[nH]c1=O)[C@H]1CNCCO1. The summed E-state index contributed by atoms with van der Waals surface area (Å²) >= 11 is 3.22. The average Bonchev–Trinajstić information content (AvgIpc) is 2.35. The van der Waals surface area contributed by atoms with Crippen LogP contribution in [-0.4, -0.2) is 36.7 Å². The molecule has 2 heterocycles. The minimum absolute atomic E-state index is 0.207. The predicted octanol–water partition coefficient (Wildman–Crippen LogP) is 0.0643. The third-order valence-corrected chi connectivity index (χ3v) is 2.80. The number of halogens is 1. The Hall–Kier alpha value is -1.18. The monoisotopic (exact) mass is 301 g/mol. The zero-order valence-electron chi connectivity index (χ0n) is 8.96. The Labute approximate surface area is 106 Å². The number of aromatic nitrogens is 1. The van der Waals surface area contributed by atoms with E-state index in [2.05, 4.69) is 31.5 Å². The van der Waals surface area contributed by atoms with Gasteiger partial charge in [-0.25, -0.2) is 0 Å². The van der Waals surface area contributed by atoms with Crippen LogP contribution < -0.4 is 16.2 Å². The number of hydrogen-bond donors (Lipinski definition) is 3. The molecule has 0 spiro atoms. The van der Waals surface area contributed by atoms with Crippen LogP contribution in [0.25, 0.3) is 0 Å². The van der Waals surface area contributed by atoms with Crippen LogP contribution in [-0.2, 0) is 9.53 Å². The van der Waals surface area contributed by atoms with Crippen LogP contribution in [0.3, 0.4) is 0 Å². The van der Waals surface area contributed by atoms with Gasteiger partial charge in [-0.3, -0.25) is 9.59 Å². The lowest BCUT2D eigenvalue weighted by Crippen LogP contribution is -2.45.